The normalized spacial score (nSPS) is 10.1. The number of nitrogen functional groups attached to an aromatic ring is 1. The average molecular weight is 245 g/mol. The zero-order chi connectivity index (χ0) is 12.8. The Morgan fingerprint density at radius 2 is 1.83 bits per heavy atom. The van der Waals surface area contributed by atoms with Crippen LogP contribution in [0.25, 0.3) is 11.4 Å². The highest BCUT2D eigenvalue weighted by molar-refractivity contribution is 5.60. The molecule has 2 rings (SSSR count). The van der Waals surface area contributed by atoms with Crippen LogP contribution in [0.3, 0.4) is 0 Å². The van der Waals surface area contributed by atoms with Gasteiger partial charge in [0.2, 0.25) is 0 Å². The second-order valence-electron chi connectivity index (χ2n) is 3.62. The third kappa shape index (κ3) is 2.93. The Morgan fingerprint density at radius 3 is 2.50 bits per heavy atom. The molecular formula is C12H15N5O. The Morgan fingerprint density at radius 1 is 1.11 bits per heavy atom. The zero-order valence-electron chi connectivity index (χ0n) is 9.80. The van der Waals surface area contributed by atoms with Crippen molar-refractivity contribution in [3.05, 3.63) is 36.4 Å². The third-order valence-corrected chi connectivity index (χ3v) is 2.32. The minimum absolute atomic E-state index is 0.0378. The van der Waals surface area contributed by atoms with Gasteiger partial charge in [0.1, 0.15) is 11.6 Å². The number of aliphatic hydroxyl groups excluding tert-OH is 1. The standard InChI is InChI=1S/C12H15N5O/c13-17-11-8-10(14-6-7-18)15-12(16-11)9-4-2-1-3-5-9/h1-5,8,18H,6-7,13H2,(H2,14,15,16,17). The van der Waals surface area contributed by atoms with Gasteiger partial charge in [-0.05, 0) is 0 Å². The monoisotopic (exact) mass is 245 g/mol. The Kier molecular flexibility index (Phi) is 4.06. The Bertz CT molecular complexity index is 503. The summed E-state index contributed by atoms with van der Waals surface area (Å²) in [4.78, 5) is 8.64. The fourth-order valence-electron chi connectivity index (χ4n) is 1.51. The number of hydrogen-bond acceptors (Lipinski definition) is 6. The van der Waals surface area contributed by atoms with E-state index in [1.807, 2.05) is 30.3 Å². The lowest BCUT2D eigenvalue weighted by Crippen LogP contribution is -2.12. The molecule has 5 N–H and O–H groups in total. The lowest BCUT2D eigenvalue weighted by atomic mass is 10.2. The Hall–Kier alpha value is -2.18. The smallest absolute Gasteiger partial charge is 0.163 e. The van der Waals surface area contributed by atoms with Crippen molar-refractivity contribution in [1.29, 1.82) is 0 Å². The number of anilines is 2. The summed E-state index contributed by atoms with van der Waals surface area (Å²) in [6.45, 7) is 0.464. The van der Waals surface area contributed by atoms with Gasteiger partial charge < -0.3 is 15.8 Å². The van der Waals surface area contributed by atoms with Crippen molar-refractivity contribution in [1.82, 2.24) is 9.97 Å². The largest absolute Gasteiger partial charge is 0.395 e. The molecule has 0 aliphatic rings. The minimum Gasteiger partial charge on any atom is -0.395 e. The molecule has 6 heteroatoms. The molecule has 0 saturated carbocycles. The molecule has 0 spiro atoms. The van der Waals surface area contributed by atoms with Crippen LogP contribution in [0.1, 0.15) is 0 Å². The molecule has 0 radical (unpaired) electrons. The molecule has 94 valence electrons. The first-order chi connectivity index (χ1) is 8.83. The summed E-state index contributed by atoms with van der Waals surface area (Å²) < 4.78 is 0. The molecule has 6 nitrogen and oxygen atoms in total. The van der Waals surface area contributed by atoms with Gasteiger partial charge in [0, 0.05) is 18.2 Å². The van der Waals surface area contributed by atoms with Gasteiger partial charge >= 0.3 is 0 Å². The number of nitrogens with one attached hydrogen (secondary N) is 2. The van der Waals surface area contributed by atoms with Crippen molar-refractivity contribution in [2.24, 2.45) is 5.84 Å². The maximum atomic E-state index is 8.79. The molecular weight excluding hydrogens is 230 g/mol. The summed E-state index contributed by atoms with van der Waals surface area (Å²) in [6, 6.07) is 11.3. The summed E-state index contributed by atoms with van der Waals surface area (Å²) >= 11 is 0. The Balaban J connectivity index is 2.35. The summed E-state index contributed by atoms with van der Waals surface area (Å²) in [5.74, 6) is 7.09. The fraction of sp³-hybridized carbons (Fsp3) is 0.167. The number of benzene rings is 1. The number of aliphatic hydroxyl groups is 1. The van der Waals surface area contributed by atoms with Crippen LogP contribution >= 0.6 is 0 Å². The predicted octanol–water partition coefficient (Wildman–Crippen LogP) is 0.833. The molecule has 1 aromatic carbocycles. The number of rotatable bonds is 5. The quantitative estimate of drug-likeness (QED) is 0.460. The van der Waals surface area contributed by atoms with Crippen LogP contribution in [0, 0.1) is 0 Å². The highest BCUT2D eigenvalue weighted by Gasteiger charge is 2.05. The molecule has 0 atom stereocenters. The maximum Gasteiger partial charge on any atom is 0.163 e. The third-order valence-electron chi connectivity index (χ3n) is 2.32. The molecule has 1 heterocycles. The number of nitrogens with zero attached hydrogens (tertiary/aromatic N) is 2. The molecule has 1 aromatic heterocycles. The first-order valence-electron chi connectivity index (χ1n) is 5.59. The van der Waals surface area contributed by atoms with Crippen LogP contribution in [0.2, 0.25) is 0 Å². The van der Waals surface area contributed by atoms with Gasteiger partial charge in [-0.2, -0.15) is 0 Å². The lowest BCUT2D eigenvalue weighted by molar-refractivity contribution is 0.311. The summed E-state index contributed by atoms with van der Waals surface area (Å²) in [5.41, 5.74) is 3.40. The predicted molar refractivity (Wildman–Crippen MR) is 70.9 cm³/mol. The van der Waals surface area contributed by atoms with E-state index in [9.17, 15) is 0 Å². The first-order valence-corrected chi connectivity index (χ1v) is 5.59. The number of hydrogen-bond donors (Lipinski definition) is 4. The molecule has 2 aromatic rings. The first kappa shape index (κ1) is 12.3. The molecule has 0 bridgehead atoms. The van der Waals surface area contributed by atoms with E-state index < -0.39 is 0 Å². The van der Waals surface area contributed by atoms with Crippen molar-refractivity contribution in [2.45, 2.75) is 0 Å². The van der Waals surface area contributed by atoms with Crippen molar-refractivity contribution in [3.8, 4) is 11.4 Å². The van der Waals surface area contributed by atoms with Gasteiger partial charge in [0.15, 0.2) is 5.82 Å². The van der Waals surface area contributed by atoms with Crippen LogP contribution in [0.15, 0.2) is 36.4 Å². The van der Waals surface area contributed by atoms with Gasteiger partial charge in [-0.15, -0.1) is 0 Å². The highest BCUT2D eigenvalue weighted by atomic mass is 16.3. The molecule has 18 heavy (non-hydrogen) atoms. The van der Waals surface area contributed by atoms with E-state index in [4.69, 9.17) is 10.9 Å². The SMILES string of the molecule is NNc1cc(NCCO)nc(-c2ccccc2)n1. The van der Waals surface area contributed by atoms with E-state index in [1.165, 1.54) is 0 Å². The number of hydrazine groups is 1. The molecule has 0 aliphatic heterocycles. The minimum atomic E-state index is 0.0378. The van der Waals surface area contributed by atoms with E-state index in [1.54, 1.807) is 6.07 Å². The van der Waals surface area contributed by atoms with E-state index >= 15 is 0 Å². The van der Waals surface area contributed by atoms with E-state index in [-0.39, 0.29) is 6.61 Å². The van der Waals surface area contributed by atoms with Crippen LogP contribution in [-0.4, -0.2) is 28.2 Å². The molecule has 0 aliphatic carbocycles. The topological polar surface area (TPSA) is 96.1 Å². The highest BCUT2D eigenvalue weighted by Crippen LogP contribution is 2.19. The summed E-state index contributed by atoms with van der Waals surface area (Å²) in [5, 5.41) is 11.8. The lowest BCUT2D eigenvalue weighted by Gasteiger charge is -2.08. The van der Waals surface area contributed by atoms with Gasteiger partial charge in [0.05, 0.1) is 6.61 Å². The summed E-state index contributed by atoms with van der Waals surface area (Å²) in [6.07, 6.45) is 0. The second kappa shape index (κ2) is 5.95. The number of nitrogens with two attached hydrogens (primary N) is 1. The van der Waals surface area contributed by atoms with E-state index in [0.29, 0.717) is 24.0 Å². The van der Waals surface area contributed by atoms with Crippen molar-refractivity contribution in [2.75, 3.05) is 23.9 Å². The van der Waals surface area contributed by atoms with Gasteiger partial charge in [0.25, 0.3) is 0 Å². The summed E-state index contributed by atoms with van der Waals surface area (Å²) in [7, 11) is 0. The van der Waals surface area contributed by atoms with Crippen molar-refractivity contribution < 1.29 is 5.11 Å². The van der Waals surface area contributed by atoms with Crippen molar-refractivity contribution >= 4 is 11.6 Å². The van der Waals surface area contributed by atoms with Crippen LogP contribution < -0.4 is 16.6 Å². The molecule has 0 saturated heterocycles. The van der Waals surface area contributed by atoms with Gasteiger partial charge in [-0.1, -0.05) is 30.3 Å². The molecule has 0 unspecified atom stereocenters. The number of aromatic nitrogens is 2. The van der Waals surface area contributed by atoms with E-state index in [2.05, 4.69) is 20.7 Å². The van der Waals surface area contributed by atoms with Crippen LogP contribution in [-0.2, 0) is 0 Å². The second-order valence-corrected chi connectivity index (χ2v) is 3.62. The molecule has 0 amide bonds. The maximum absolute atomic E-state index is 8.79. The van der Waals surface area contributed by atoms with Gasteiger partial charge in [-0.25, -0.2) is 15.8 Å². The molecule has 0 fully saturated rings. The Labute approximate surface area is 105 Å². The fourth-order valence-corrected chi connectivity index (χ4v) is 1.51. The zero-order valence-corrected chi connectivity index (χ0v) is 9.80. The van der Waals surface area contributed by atoms with E-state index in [0.717, 1.165) is 5.56 Å². The van der Waals surface area contributed by atoms with Crippen LogP contribution in [0.4, 0.5) is 11.6 Å². The van der Waals surface area contributed by atoms with Gasteiger partial charge in [-0.3, -0.25) is 0 Å². The van der Waals surface area contributed by atoms with Crippen molar-refractivity contribution in [3.63, 3.8) is 0 Å². The van der Waals surface area contributed by atoms with Crippen LogP contribution in [0.5, 0.6) is 0 Å². The average Bonchev–Trinajstić information content (AvgIpc) is 2.45.